The number of aromatic nitrogens is 6. The molecule has 3 aromatic carbocycles. The lowest BCUT2D eigenvalue weighted by atomic mass is 10.1. The maximum atomic E-state index is 5.89. The molecule has 4 aromatic heterocycles. The topological polar surface area (TPSA) is 108 Å². The van der Waals surface area contributed by atoms with Crippen LogP contribution in [0.5, 0.6) is 5.75 Å². The van der Waals surface area contributed by atoms with Crippen LogP contribution in [0, 0.1) is 6.92 Å². The number of hydrogen-bond donors (Lipinski definition) is 3. The number of rotatable bonds is 4. The number of nitrogens with one attached hydrogen (secondary N) is 3. The second kappa shape index (κ2) is 13.3. The molecule has 0 amide bonds. The molecular formula is C36H33ClN8O. The number of anilines is 3. The van der Waals surface area contributed by atoms with Crippen LogP contribution in [-0.2, 0) is 19.4 Å². The molecule has 0 spiro atoms. The van der Waals surface area contributed by atoms with E-state index >= 15 is 0 Å². The summed E-state index contributed by atoms with van der Waals surface area (Å²) in [7, 11) is 0. The highest BCUT2D eigenvalue weighted by atomic mass is 35.5. The van der Waals surface area contributed by atoms with Crippen molar-refractivity contribution in [2.75, 3.05) is 23.3 Å². The SMILES string of the molecule is Cc1cccc2c1CCN2c1ncnc2[nH]ccc12.Clc1ncnc2[nH]ccc12.c1ccc(COc2cccc3c2CCN3)cc1. The standard InChI is InChI=1S/C15H14N4.C15H15NO.C6H4ClN3/c1-10-3-2-4-13-11(10)6-8-19(13)15-12-5-7-16-14(12)17-9-18-15;1-2-5-12(6-3-1)11-17-15-8-4-7-14-13(15)9-10-16-14;7-5-4-1-2-8-6(4)10-3-9-5/h2-5,7,9H,6,8H2,1H3,(H,16,17,18);1-8,16H,9-11H2;1-3H,(H,8,9,10). The van der Waals surface area contributed by atoms with Gasteiger partial charge in [-0.2, -0.15) is 0 Å². The number of nitrogens with zero attached hydrogens (tertiary/aromatic N) is 5. The van der Waals surface area contributed by atoms with Gasteiger partial charge in [0.2, 0.25) is 0 Å². The van der Waals surface area contributed by atoms with Crippen LogP contribution in [-0.4, -0.2) is 43.0 Å². The van der Waals surface area contributed by atoms with Gasteiger partial charge in [0.25, 0.3) is 0 Å². The second-order valence-corrected chi connectivity index (χ2v) is 11.4. The zero-order valence-corrected chi connectivity index (χ0v) is 26.1. The van der Waals surface area contributed by atoms with Crippen molar-refractivity contribution in [3.63, 3.8) is 0 Å². The third-order valence-corrected chi connectivity index (χ3v) is 8.52. The molecule has 2 aliphatic rings. The Balaban J connectivity index is 0.000000115. The van der Waals surface area contributed by atoms with Gasteiger partial charge in [-0.1, -0.05) is 60.1 Å². The Morgan fingerprint density at radius 2 is 1.52 bits per heavy atom. The fourth-order valence-corrected chi connectivity index (χ4v) is 6.12. The number of hydrogen-bond acceptors (Lipinski definition) is 7. The minimum absolute atomic E-state index is 0.492. The molecule has 0 aliphatic carbocycles. The number of halogens is 1. The smallest absolute Gasteiger partial charge is 0.145 e. The van der Waals surface area contributed by atoms with Crippen LogP contribution in [0.15, 0.2) is 104 Å². The van der Waals surface area contributed by atoms with Gasteiger partial charge in [-0.25, -0.2) is 19.9 Å². The first-order valence-electron chi connectivity index (χ1n) is 15.3. The molecule has 0 bridgehead atoms. The Morgan fingerprint density at radius 1 is 0.761 bits per heavy atom. The molecule has 46 heavy (non-hydrogen) atoms. The lowest BCUT2D eigenvalue weighted by Gasteiger charge is -2.19. The maximum Gasteiger partial charge on any atom is 0.145 e. The molecule has 0 saturated carbocycles. The zero-order valence-electron chi connectivity index (χ0n) is 25.4. The van der Waals surface area contributed by atoms with E-state index in [4.69, 9.17) is 16.3 Å². The zero-order chi connectivity index (χ0) is 31.3. The van der Waals surface area contributed by atoms with Crippen molar-refractivity contribution in [3.8, 4) is 5.75 Å². The van der Waals surface area contributed by atoms with E-state index in [0.717, 1.165) is 59.6 Å². The van der Waals surface area contributed by atoms with E-state index in [9.17, 15) is 0 Å². The average molecular weight is 629 g/mol. The van der Waals surface area contributed by atoms with Gasteiger partial charge in [0.15, 0.2) is 0 Å². The number of ether oxygens (including phenoxy) is 1. The Kier molecular flexibility index (Phi) is 8.47. The fraction of sp³-hybridized carbons (Fsp3) is 0.167. The lowest BCUT2D eigenvalue weighted by Crippen LogP contribution is -2.15. The second-order valence-electron chi connectivity index (χ2n) is 11.0. The van der Waals surface area contributed by atoms with E-state index in [0.29, 0.717) is 11.8 Å². The summed E-state index contributed by atoms with van der Waals surface area (Å²) in [6.45, 7) is 4.81. The van der Waals surface area contributed by atoms with Gasteiger partial charge in [-0.15, -0.1) is 0 Å². The van der Waals surface area contributed by atoms with Crippen molar-refractivity contribution in [2.45, 2.75) is 26.4 Å². The minimum Gasteiger partial charge on any atom is -0.489 e. The number of aromatic amines is 2. The van der Waals surface area contributed by atoms with E-state index in [2.05, 4.69) is 89.5 Å². The summed E-state index contributed by atoms with van der Waals surface area (Å²) < 4.78 is 5.89. The summed E-state index contributed by atoms with van der Waals surface area (Å²) >= 11 is 5.73. The van der Waals surface area contributed by atoms with Crippen LogP contribution >= 0.6 is 11.6 Å². The number of fused-ring (bicyclic) bond motifs is 4. The van der Waals surface area contributed by atoms with Crippen LogP contribution in [0.2, 0.25) is 5.15 Å². The fourth-order valence-electron chi connectivity index (χ4n) is 5.93. The molecule has 230 valence electrons. The monoisotopic (exact) mass is 628 g/mol. The van der Waals surface area contributed by atoms with Gasteiger partial charge in [0, 0.05) is 42.4 Å². The van der Waals surface area contributed by atoms with Gasteiger partial charge in [-0.05, 0) is 66.8 Å². The quantitative estimate of drug-likeness (QED) is 0.171. The molecule has 0 saturated heterocycles. The van der Waals surface area contributed by atoms with Crippen molar-refractivity contribution in [1.29, 1.82) is 0 Å². The molecule has 3 N–H and O–H groups in total. The first kappa shape index (κ1) is 29.3. The molecular weight excluding hydrogens is 596 g/mol. The summed E-state index contributed by atoms with van der Waals surface area (Å²) in [6.07, 6.45) is 8.89. The molecule has 0 radical (unpaired) electrons. The number of H-pyrrole nitrogens is 2. The van der Waals surface area contributed by atoms with Crippen LogP contribution in [0.3, 0.4) is 0 Å². The molecule has 9 nitrogen and oxygen atoms in total. The summed E-state index contributed by atoms with van der Waals surface area (Å²) in [6, 6.07) is 26.8. The van der Waals surface area contributed by atoms with Crippen molar-refractivity contribution >= 4 is 50.9 Å². The minimum atomic E-state index is 0.492. The van der Waals surface area contributed by atoms with E-state index in [1.54, 1.807) is 12.5 Å². The first-order chi connectivity index (χ1) is 22.7. The largest absolute Gasteiger partial charge is 0.489 e. The molecule has 0 fully saturated rings. The normalized spacial score (nSPS) is 12.9. The molecule has 10 heteroatoms. The van der Waals surface area contributed by atoms with Crippen LogP contribution in [0.4, 0.5) is 17.2 Å². The van der Waals surface area contributed by atoms with Crippen molar-refractivity contribution < 1.29 is 4.74 Å². The number of benzene rings is 3. The molecule has 0 atom stereocenters. The van der Waals surface area contributed by atoms with Gasteiger partial charge in [0.1, 0.15) is 47.3 Å². The van der Waals surface area contributed by atoms with Crippen LogP contribution in [0.1, 0.15) is 22.3 Å². The van der Waals surface area contributed by atoms with E-state index in [1.807, 2.05) is 42.6 Å². The summed E-state index contributed by atoms with van der Waals surface area (Å²) in [5, 5.41) is 5.80. The maximum absolute atomic E-state index is 5.89. The van der Waals surface area contributed by atoms with E-state index in [-0.39, 0.29) is 0 Å². The highest BCUT2D eigenvalue weighted by Crippen LogP contribution is 2.37. The Hall–Kier alpha value is -5.41. The van der Waals surface area contributed by atoms with Gasteiger partial charge in [0.05, 0.1) is 10.8 Å². The van der Waals surface area contributed by atoms with Crippen molar-refractivity contribution in [3.05, 3.63) is 131 Å². The predicted octanol–water partition coefficient (Wildman–Crippen LogP) is 7.81. The first-order valence-corrected chi connectivity index (χ1v) is 15.6. The average Bonchev–Trinajstić information content (AvgIpc) is 3.92. The third kappa shape index (κ3) is 6.09. The van der Waals surface area contributed by atoms with Gasteiger partial charge in [-0.3, -0.25) is 0 Å². The van der Waals surface area contributed by atoms with E-state index in [1.165, 1.54) is 40.0 Å². The summed E-state index contributed by atoms with van der Waals surface area (Å²) in [4.78, 5) is 24.9. The Labute approximate surface area is 271 Å². The Bertz CT molecular complexity index is 2090. The van der Waals surface area contributed by atoms with Crippen molar-refractivity contribution in [1.82, 2.24) is 29.9 Å². The lowest BCUT2D eigenvalue weighted by molar-refractivity contribution is 0.304. The molecule has 2 aliphatic heterocycles. The highest BCUT2D eigenvalue weighted by Gasteiger charge is 2.24. The molecule has 0 unspecified atom stereocenters. The molecule has 7 aromatic rings. The molecule has 6 heterocycles. The molecule has 9 rings (SSSR count). The predicted molar refractivity (Wildman–Crippen MR) is 184 cm³/mol. The van der Waals surface area contributed by atoms with Gasteiger partial charge >= 0.3 is 0 Å². The van der Waals surface area contributed by atoms with Gasteiger partial charge < -0.3 is 24.9 Å². The van der Waals surface area contributed by atoms with E-state index < -0.39 is 0 Å². The van der Waals surface area contributed by atoms with Crippen molar-refractivity contribution in [2.24, 2.45) is 0 Å². The third-order valence-electron chi connectivity index (χ3n) is 8.22. The summed E-state index contributed by atoms with van der Waals surface area (Å²) in [5.41, 5.74) is 9.48. The van der Waals surface area contributed by atoms with Crippen LogP contribution in [0.25, 0.3) is 22.1 Å². The van der Waals surface area contributed by atoms with Crippen LogP contribution < -0.4 is 15.0 Å². The highest BCUT2D eigenvalue weighted by molar-refractivity contribution is 6.33. The number of aryl methyl sites for hydroxylation is 1. The summed E-state index contributed by atoms with van der Waals surface area (Å²) in [5.74, 6) is 2.01. The Morgan fingerprint density at radius 3 is 2.35 bits per heavy atom.